The molecule has 0 nitrogen and oxygen atoms in total. The summed E-state index contributed by atoms with van der Waals surface area (Å²) in [5.74, 6) is 0.503. The van der Waals surface area contributed by atoms with E-state index in [4.69, 9.17) is 23.2 Å². The minimum atomic E-state index is -0.204. The second kappa shape index (κ2) is 5.37. The molecule has 1 atom stereocenters. The van der Waals surface area contributed by atoms with E-state index in [9.17, 15) is 4.39 Å². The summed E-state index contributed by atoms with van der Waals surface area (Å²) in [5, 5.41) is 0.795. The monoisotopic (exact) mass is 260 g/mol. The Bertz CT molecular complexity index is 341. The van der Waals surface area contributed by atoms with Gasteiger partial charge in [0.25, 0.3) is 0 Å². The summed E-state index contributed by atoms with van der Waals surface area (Å²) in [4.78, 5) is 0. The molecular formula is C13H15Cl2F. The van der Waals surface area contributed by atoms with E-state index in [1.54, 1.807) is 12.1 Å². The number of hydrogen-bond acceptors (Lipinski definition) is 0. The molecule has 1 aliphatic carbocycles. The first kappa shape index (κ1) is 12.2. The van der Waals surface area contributed by atoms with E-state index in [0.717, 1.165) is 12.8 Å². The minimum absolute atomic E-state index is 0.204. The van der Waals surface area contributed by atoms with E-state index in [-0.39, 0.29) is 11.2 Å². The summed E-state index contributed by atoms with van der Waals surface area (Å²) in [6.45, 7) is 0. The SMILES string of the molecule is Fc1cccc(Cl)c1CCCC(Cl)C1CC1. The lowest BCUT2D eigenvalue weighted by Gasteiger charge is -2.09. The fourth-order valence-corrected chi connectivity index (χ4v) is 2.60. The highest BCUT2D eigenvalue weighted by molar-refractivity contribution is 6.31. The third-order valence-corrected chi connectivity index (χ3v) is 4.03. The van der Waals surface area contributed by atoms with Crippen molar-refractivity contribution in [1.82, 2.24) is 0 Å². The number of halogens is 3. The molecule has 3 heteroatoms. The molecule has 1 unspecified atom stereocenters. The molecular weight excluding hydrogens is 246 g/mol. The van der Waals surface area contributed by atoms with Gasteiger partial charge in [-0.2, -0.15) is 0 Å². The molecule has 0 radical (unpaired) electrons. The summed E-state index contributed by atoms with van der Waals surface area (Å²) >= 11 is 12.1. The number of rotatable bonds is 5. The normalized spacial score (nSPS) is 17.4. The van der Waals surface area contributed by atoms with E-state index < -0.39 is 0 Å². The Balaban J connectivity index is 1.84. The summed E-state index contributed by atoms with van der Waals surface area (Å²) in [5.41, 5.74) is 0.629. The Morgan fingerprint density at radius 2 is 2.12 bits per heavy atom. The maximum Gasteiger partial charge on any atom is 0.127 e. The van der Waals surface area contributed by atoms with Gasteiger partial charge in [0.15, 0.2) is 0 Å². The molecule has 2 rings (SSSR count). The Kier molecular flexibility index (Phi) is 4.10. The first-order valence-corrected chi connectivity index (χ1v) is 6.57. The van der Waals surface area contributed by atoms with Crippen molar-refractivity contribution >= 4 is 23.2 Å². The molecule has 0 saturated heterocycles. The molecule has 88 valence electrons. The second-order valence-electron chi connectivity index (χ2n) is 4.45. The number of alkyl halides is 1. The zero-order chi connectivity index (χ0) is 11.5. The molecule has 1 aromatic carbocycles. The van der Waals surface area contributed by atoms with Gasteiger partial charge in [0.05, 0.1) is 0 Å². The zero-order valence-corrected chi connectivity index (χ0v) is 10.6. The lowest BCUT2D eigenvalue weighted by Crippen LogP contribution is -2.02. The Morgan fingerprint density at radius 3 is 2.75 bits per heavy atom. The largest absolute Gasteiger partial charge is 0.207 e. The number of hydrogen-bond donors (Lipinski definition) is 0. The standard InChI is InChI=1S/C13H15Cl2F/c14-11(9-7-8-9)4-1-3-10-12(15)5-2-6-13(10)16/h2,5-6,9,11H,1,3-4,7-8H2. The molecule has 0 bridgehead atoms. The molecule has 0 aliphatic heterocycles. The van der Waals surface area contributed by atoms with Gasteiger partial charge < -0.3 is 0 Å². The van der Waals surface area contributed by atoms with Gasteiger partial charge in [-0.1, -0.05) is 17.7 Å². The topological polar surface area (TPSA) is 0 Å². The van der Waals surface area contributed by atoms with Gasteiger partial charge in [-0.05, 0) is 50.2 Å². The smallest absolute Gasteiger partial charge is 0.127 e. The predicted octanol–water partition coefficient (Wildman–Crippen LogP) is 4.82. The Labute approximate surface area is 106 Å². The van der Waals surface area contributed by atoms with Gasteiger partial charge in [-0.3, -0.25) is 0 Å². The van der Waals surface area contributed by atoms with Crippen LogP contribution in [0.2, 0.25) is 5.02 Å². The molecule has 0 heterocycles. The lowest BCUT2D eigenvalue weighted by atomic mass is 10.0. The maximum atomic E-state index is 13.4. The highest BCUT2D eigenvalue weighted by Gasteiger charge is 2.29. The van der Waals surface area contributed by atoms with E-state index >= 15 is 0 Å². The van der Waals surface area contributed by atoms with Crippen molar-refractivity contribution in [1.29, 1.82) is 0 Å². The van der Waals surface area contributed by atoms with Crippen LogP contribution < -0.4 is 0 Å². The van der Waals surface area contributed by atoms with Crippen molar-refractivity contribution in [3.63, 3.8) is 0 Å². The molecule has 0 spiro atoms. The first-order valence-electron chi connectivity index (χ1n) is 5.75. The number of benzene rings is 1. The maximum absolute atomic E-state index is 13.4. The average Bonchev–Trinajstić information content (AvgIpc) is 3.05. The Morgan fingerprint density at radius 1 is 1.38 bits per heavy atom. The third kappa shape index (κ3) is 3.11. The van der Waals surface area contributed by atoms with Crippen molar-refractivity contribution in [3.8, 4) is 0 Å². The van der Waals surface area contributed by atoms with Gasteiger partial charge in [0.1, 0.15) is 5.82 Å². The van der Waals surface area contributed by atoms with Crippen LogP contribution in [0.5, 0.6) is 0 Å². The van der Waals surface area contributed by atoms with E-state index in [1.165, 1.54) is 18.9 Å². The quantitative estimate of drug-likeness (QED) is 0.666. The van der Waals surface area contributed by atoms with Crippen LogP contribution in [0.4, 0.5) is 4.39 Å². The van der Waals surface area contributed by atoms with Gasteiger partial charge in [-0.25, -0.2) is 4.39 Å². The average molecular weight is 261 g/mol. The van der Waals surface area contributed by atoms with Crippen LogP contribution in [0.15, 0.2) is 18.2 Å². The highest BCUT2D eigenvalue weighted by atomic mass is 35.5. The van der Waals surface area contributed by atoms with Crippen LogP contribution in [-0.4, -0.2) is 5.38 Å². The zero-order valence-electron chi connectivity index (χ0n) is 9.06. The van der Waals surface area contributed by atoms with Gasteiger partial charge in [0, 0.05) is 16.0 Å². The molecule has 16 heavy (non-hydrogen) atoms. The first-order chi connectivity index (χ1) is 7.68. The molecule has 1 aromatic rings. The fourth-order valence-electron chi connectivity index (χ4n) is 1.94. The Hall–Kier alpha value is -0.270. The highest BCUT2D eigenvalue weighted by Crippen LogP contribution is 2.38. The van der Waals surface area contributed by atoms with Crippen molar-refractivity contribution in [2.75, 3.05) is 0 Å². The van der Waals surface area contributed by atoms with Crippen molar-refractivity contribution in [3.05, 3.63) is 34.6 Å². The summed E-state index contributed by atoms with van der Waals surface area (Å²) in [7, 11) is 0. The van der Waals surface area contributed by atoms with Crippen molar-refractivity contribution in [2.45, 2.75) is 37.5 Å². The van der Waals surface area contributed by atoms with Crippen LogP contribution in [0.25, 0.3) is 0 Å². The van der Waals surface area contributed by atoms with Crippen LogP contribution in [0, 0.1) is 11.7 Å². The van der Waals surface area contributed by atoms with Crippen molar-refractivity contribution < 1.29 is 4.39 Å². The van der Waals surface area contributed by atoms with Crippen LogP contribution in [0.3, 0.4) is 0 Å². The summed E-state index contributed by atoms with van der Waals surface area (Å²) < 4.78 is 13.4. The third-order valence-electron chi connectivity index (χ3n) is 3.10. The van der Waals surface area contributed by atoms with Gasteiger partial charge in [0.2, 0.25) is 0 Å². The van der Waals surface area contributed by atoms with Crippen LogP contribution >= 0.6 is 23.2 Å². The summed E-state index contributed by atoms with van der Waals surface area (Å²) in [6, 6.07) is 4.83. The summed E-state index contributed by atoms with van der Waals surface area (Å²) in [6.07, 6.45) is 5.06. The van der Waals surface area contributed by atoms with E-state index in [2.05, 4.69) is 0 Å². The molecule has 1 aliphatic rings. The molecule has 0 amide bonds. The second-order valence-corrected chi connectivity index (χ2v) is 5.41. The van der Waals surface area contributed by atoms with Gasteiger partial charge >= 0.3 is 0 Å². The molecule has 0 aromatic heterocycles. The lowest BCUT2D eigenvalue weighted by molar-refractivity contribution is 0.588. The molecule has 1 fully saturated rings. The minimum Gasteiger partial charge on any atom is -0.207 e. The van der Waals surface area contributed by atoms with Crippen molar-refractivity contribution in [2.24, 2.45) is 5.92 Å². The van der Waals surface area contributed by atoms with Gasteiger partial charge in [-0.15, -0.1) is 11.6 Å². The van der Waals surface area contributed by atoms with Crippen LogP contribution in [0.1, 0.15) is 31.2 Å². The molecule has 1 saturated carbocycles. The van der Waals surface area contributed by atoms with Crippen LogP contribution in [-0.2, 0) is 6.42 Å². The van der Waals surface area contributed by atoms with E-state index in [1.807, 2.05) is 0 Å². The van der Waals surface area contributed by atoms with E-state index in [0.29, 0.717) is 22.9 Å². The predicted molar refractivity (Wildman–Crippen MR) is 66.7 cm³/mol. The molecule has 0 N–H and O–H groups in total. The fraction of sp³-hybridized carbons (Fsp3) is 0.538.